The summed E-state index contributed by atoms with van der Waals surface area (Å²) >= 11 is 1.31. The van der Waals surface area contributed by atoms with Gasteiger partial charge in [0.15, 0.2) is 11.6 Å². The fourth-order valence-electron chi connectivity index (χ4n) is 3.87. The lowest BCUT2D eigenvalue weighted by atomic mass is 9.85. The van der Waals surface area contributed by atoms with Crippen molar-refractivity contribution in [2.75, 3.05) is 27.1 Å². The molecule has 172 valence electrons. The summed E-state index contributed by atoms with van der Waals surface area (Å²) < 4.78 is 44.4. The minimum atomic E-state index is -1.21. The van der Waals surface area contributed by atoms with Crippen LogP contribution in [0.2, 0.25) is 25.7 Å². The van der Waals surface area contributed by atoms with E-state index in [1.54, 1.807) is 14.0 Å². The van der Waals surface area contributed by atoms with Gasteiger partial charge in [0.25, 0.3) is 5.23 Å². The lowest BCUT2D eigenvalue weighted by Crippen LogP contribution is -2.38. The molecule has 0 unspecified atom stereocenters. The first kappa shape index (κ1) is 24.2. The zero-order chi connectivity index (χ0) is 22.9. The highest BCUT2D eigenvalue weighted by atomic mass is 32.2. The fourth-order valence-corrected chi connectivity index (χ4v) is 6.13. The third-order valence-corrected chi connectivity index (χ3v) is 8.73. The second-order valence-electron chi connectivity index (χ2n) is 9.41. The molecule has 1 saturated carbocycles. The van der Waals surface area contributed by atoms with E-state index in [0.717, 1.165) is 12.1 Å². The summed E-state index contributed by atoms with van der Waals surface area (Å²) in [4.78, 5) is 16.8. The van der Waals surface area contributed by atoms with Gasteiger partial charge in [-0.2, -0.15) is 0 Å². The number of carbonyl (C=O) groups excluding carboxylic acids is 1. The van der Waals surface area contributed by atoms with Gasteiger partial charge in [-0.25, -0.2) is 18.6 Å². The van der Waals surface area contributed by atoms with Crippen LogP contribution in [0.5, 0.6) is 0 Å². The molecule has 1 aliphatic heterocycles. The molecule has 0 radical (unpaired) electrons. The molecule has 1 fully saturated rings. The fraction of sp³-hybridized carbons (Fsp3) is 0.619. The van der Waals surface area contributed by atoms with E-state index < -0.39 is 36.1 Å². The van der Waals surface area contributed by atoms with Crippen LogP contribution in [0.1, 0.15) is 18.9 Å². The lowest BCUT2D eigenvalue weighted by molar-refractivity contribution is 0.120. The summed E-state index contributed by atoms with van der Waals surface area (Å²) in [7, 11) is 0.378. The molecule has 1 aliphatic carbocycles. The quantitative estimate of drug-likeness (QED) is 0.337. The Morgan fingerprint density at radius 1 is 1.35 bits per heavy atom. The average molecular weight is 473 g/mol. The summed E-state index contributed by atoms with van der Waals surface area (Å²) in [6.45, 7) is 9.47. The Balaban J connectivity index is 1.71. The van der Waals surface area contributed by atoms with E-state index >= 15 is 0 Å². The van der Waals surface area contributed by atoms with E-state index in [-0.39, 0.29) is 23.4 Å². The van der Waals surface area contributed by atoms with Gasteiger partial charge in [0, 0.05) is 33.3 Å². The van der Waals surface area contributed by atoms with Crippen molar-refractivity contribution in [2.45, 2.75) is 49.3 Å². The molecule has 1 amide bonds. The standard InChI is InChI=1S/C21H30F2N2O4SSi/c1-20(14-7-6-8-15(22)17(14)23)16-11-21(16,12-27-2)30-19(25-20)29-18(26)24-13-28-9-10-31(3,4)5/h6-8,16H,9-13H2,1-5H3,(H,24,26)/t16-,20+,21+/m0/s1. The van der Waals surface area contributed by atoms with Gasteiger partial charge >= 0.3 is 6.09 Å². The van der Waals surface area contributed by atoms with Crippen molar-refractivity contribution >= 4 is 31.2 Å². The highest BCUT2D eigenvalue weighted by Crippen LogP contribution is 2.66. The molecule has 0 spiro atoms. The second kappa shape index (κ2) is 9.17. The molecule has 0 bridgehead atoms. The van der Waals surface area contributed by atoms with E-state index in [4.69, 9.17) is 14.2 Å². The third-order valence-electron chi connectivity index (χ3n) is 5.70. The number of benzene rings is 1. The number of fused-ring (bicyclic) bond motifs is 1. The van der Waals surface area contributed by atoms with Crippen molar-refractivity contribution in [1.82, 2.24) is 5.32 Å². The van der Waals surface area contributed by atoms with E-state index in [0.29, 0.717) is 19.6 Å². The van der Waals surface area contributed by atoms with Crippen LogP contribution >= 0.6 is 11.8 Å². The maximum Gasteiger partial charge on any atom is 0.416 e. The molecule has 3 rings (SSSR count). The number of alkyl carbamates (subject to hydrolysis) is 1. The molecule has 1 aromatic rings. The maximum absolute atomic E-state index is 14.6. The molecular weight excluding hydrogens is 442 g/mol. The first-order valence-corrected chi connectivity index (χ1v) is 14.8. The summed E-state index contributed by atoms with van der Waals surface area (Å²) in [5, 5.41) is 2.66. The molecular formula is C21H30F2N2O4SSi. The number of rotatable bonds is 8. The van der Waals surface area contributed by atoms with E-state index in [1.165, 1.54) is 23.9 Å². The maximum atomic E-state index is 14.6. The van der Waals surface area contributed by atoms with Gasteiger partial charge in [-0.1, -0.05) is 43.5 Å². The predicted octanol–water partition coefficient (Wildman–Crippen LogP) is 4.73. The highest BCUT2D eigenvalue weighted by Gasteiger charge is 2.67. The smallest absolute Gasteiger partial charge is 0.385 e. The lowest BCUT2D eigenvalue weighted by Gasteiger charge is -2.34. The van der Waals surface area contributed by atoms with E-state index in [2.05, 4.69) is 30.0 Å². The Bertz CT molecular complexity index is 866. The van der Waals surface area contributed by atoms with Crippen LogP contribution in [-0.2, 0) is 19.7 Å². The molecule has 1 aromatic carbocycles. The molecule has 1 N–H and O–H groups in total. The van der Waals surface area contributed by atoms with Crippen molar-refractivity contribution < 1.29 is 27.8 Å². The number of aliphatic imine (C=N–C) groups is 1. The zero-order valence-electron chi connectivity index (χ0n) is 18.6. The minimum absolute atomic E-state index is 0.0306. The molecule has 3 atom stereocenters. The van der Waals surface area contributed by atoms with Gasteiger partial charge in [-0.3, -0.25) is 5.32 Å². The number of nitrogens with one attached hydrogen (secondary N) is 1. The number of thioether (sulfide) groups is 1. The number of amides is 1. The first-order valence-electron chi connectivity index (χ1n) is 10.3. The topological polar surface area (TPSA) is 69.2 Å². The van der Waals surface area contributed by atoms with Crippen molar-refractivity contribution in [3.63, 3.8) is 0 Å². The van der Waals surface area contributed by atoms with Crippen molar-refractivity contribution in [1.29, 1.82) is 0 Å². The normalized spacial score (nSPS) is 27.3. The van der Waals surface area contributed by atoms with E-state index in [9.17, 15) is 13.6 Å². The molecule has 1 heterocycles. The number of halogens is 2. The van der Waals surface area contributed by atoms with Crippen LogP contribution in [0.4, 0.5) is 13.6 Å². The zero-order valence-corrected chi connectivity index (χ0v) is 20.4. The molecule has 2 aliphatic rings. The Morgan fingerprint density at radius 3 is 2.77 bits per heavy atom. The number of hydrogen-bond donors (Lipinski definition) is 1. The van der Waals surface area contributed by atoms with E-state index in [1.807, 2.05) is 0 Å². The van der Waals surface area contributed by atoms with Crippen LogP contribution in [0.3, 0.4) is 0 Å². The number of ether oxygens (including phenoxy) is 3. The van der Waals surface area contributed by atoms with Crippen LogP contribution in [0, 0.1) is 17.6 Å². The van der Waals surface area contributed by atoms with Gasteiger partial charge in [0.1, 0.15) is 6.73 Å². The van der Waals surface area contributed by atoms with Crippen LogP contribution < -0.4 is 5.32 Å². The highest BCUT2D eigenvalue weighted by molar-refractivity contribution is 8.15. The second-order valence-corrected chi connectivity index (χ2v) is 16.4. The molecule has 0 aromatic heterocycles. The first-order chi connectivity index (χ1) is 14.5. The molecule has 6 nitrogen and oxygen atoms in total. The van der Waals surface area contributed by atoms with Crippen molar-refractivity contribution in [3.8, 4) is 0 Å². The Kier molecular flexibility index (Phi) is 7.14. The average Bonchev–Trinajstić information content (AvgIpc) is 3.38. The number of hydrogen-bond acceptors (Lipinski definition) is 6. The summed E-state index contributed by atoms with van der Waals surface area (Å²) in [6.07, 6.45) is -0.0107. The summed E-state index contributed by atoms with van der Waals surface area (Å²) in [6, 6.07) is 5.05. The Morgan fingerprint density at radius 2 is 2.10 bits per heavy atom. The van der Waals surface area contributed by atoms with Crippen molar-refractivity contribution in [3.05, 3.63) is 35.4 Å². The summed E-state index contributed by atoms with van der Waals surface area (Å²) in [5.41, 5.74) is -0.925. The molecule has 31 heavy (non-hydrogen) atoms. The van der Waals surface area contributed by atoms with Crippen LogP contribution in [0.25, 0.3) is 0 Å². The monoisotopic (exact) mass is 472 g/mol. The Hall–Kier alpha value is -1.49. The van der Waals surface area contributed by atoms with Crippen molar-refractivity contribution in [2.24, 2.45) is 10.9 Å². The largest absolute Gasteiger partial charge is 0.416 e. The predicted molar refractivity (Wildman–Crippen MR) is 120 cm³/mol. The summed E-state index contributed by atoms with van der Waals surface area (Å²) in [5.74, 6) is -1.93. The van der Waals surface area contributed by atoms with Gasteiger partial charge in [0.05, 0.1) is 16.9 Å². The molecule has 10 heteroatoms. The van der Waals surface area contributed by atoms with Gasteiger partial charge in [-0.05, 0) is 25.5 Å². The van der Waals surface area contributed by atoms with Gasteiger partial charge in [0.2, 0.25) is 0 Å². The van der Waals surface area contributed by atoms with Crippen LogP contribution in [-0.4, -0.2) is 51.2 Å². The van der Waals surface area contributed by atoms with Crippen LogP contribution in [0.15, 0.2) is 23.2 Å². The third kappa shape index (κ3) is 5.47. The minimum Gasteiger partial charge on any atom is -0.385 e. The van der Waals surface area contributed by atoms with Gasteiger partial charge < -0.3 is 14.2 Å². The SMILES string of the molecule is COC[C@]12C[C@H]1[C@@](C)(c1cccc(F)c1F)N=C(OC(=O)NCOCC[Si](C)(C)C)S2. The van der Waals surface area contributed by atoms with Gasteiger partial charge in [-0.15, -0.1) is 0 Å². The number of methoxy groups -OCH3 is 1. The number of nitrogens with zero attached hydrogens (tertiary/aromatic N) is 1. The molecule has 0 saturated heterocycles. The Labute approximate surface area is 187 Å². The number of carbonyl (C=O) groups is 1.